The van der Waals surface area contributed by atoms with Crippen LogP contribution in [0.3, 0.4) is 0 Å². The van der Waals surface area contributed by atoms with Gasteiger partial charge < -0.3 is 0 Å². The molecule has 11 heteroatoms. The smallest absolute Gasteiger partial charge is 0.148 e. The van der Waals surface area contributed by atoms with Crippen molar-refractivity contribution in [3.05, 3.63) is 156 Å². The zero-order valence-corrected chi connectivity index (χ0v) is 23.1. The van der Waals surface area contributed by atoms with Crippen molar-refractivity contribution in [2.24, 2.45) is 0 Å². The molecule has 2 unspecified atom stereocenters. The van der Waals surface area contributed by atoms with Gasteiger partial charge >= 0.3 is 0 Å². The second-order valence-corrected chi connectivity index (χ2v) is 10.3. The highest BCUT2D eigenvalue weighted by Crippen LogP contribution is 2.34. The van der Waals surface area contributed by atoms with Crippen LogP contribution in [0.2, 0.25) is 0 Å². The number of Topliss-reactive ketones (excluding diaryl/α,β-unsaturated/α-hetero) is 1. The van der Waals surface area contributed by atoms with E-state index in [0.717, 1.165) is 24.3 Å². The Morgan fingerprint density at radius 3 is 1.34 bits per heavy atom. The van der Waals surface area contributed by atoms with Crippen LogP contribution in [0, 0.1) is 23.3 Å². The van der Waals surface area contributed by atoms with Gasteiger partial charge in [-0.3, -0.25) is 4.79 Å². The molecule has 6 rings (SSSR count). The van der Waals surface area contributed by atoms with E-state index in [9.17, 15) is 22.4 Å². The Labute approximate surface area is 249 Å². The van der Waals surface area contributed by atoms with Gasteiger partial charge in [-0.2, -0.15) is 10.2 Å². The van der Waals surface area contributed by atoms with E-state index in [0.29, 0.717) is 22.5 Å². The number of halogens is 4. The number of hydrogen-bond donors (Lipinski definition) is 0. The lowest BCUT2D eigenvalue weighted by molar-refractivity contribution is -0.122. The lowest BCUT2D eigenvalue weighted by atomic mass is 9.78. The molecule has 2 heterocycles. The molecule has 44 heavy (non-hydrogen) atoms. The van der Waals surface area contributed by atoms with Gasteiger partial charge in [0.15, 0.2) is 0 Å². The fourth-order valence-corrected chi connectivity index (χ4v) is 5.22. The van der Waals surface area contributed by atoms with Crippen LogP contribution in [0.1, 0.15) is 34.1 Å². The molecule has 0 spiro atoms. The summed E-state index contributed by atoms with van der Waals surface area (Å²) in [5, 5.41) is 8.24. The number of ketones is 1. The predicted octanol–water partition coefficient (Wildman–Crippen LogP) is 6.33. The lowest BCUT2D eigenvalue weighted by Gasteiger charge is -2.25. The zero-order chi connectivity index (χ0) is 30.6. The van der Waals surface area contributed by atoms with E-state index in [1.54, 1.807) is 57.9 Å². The van der Waals surface area contributed by atoms with Crippen LogP contribution in [0.25, 0.3) is 11.4 Å². The molecule has 0 aliphatic carbocycles. The Morgan fingerprint density at radius 2 is 1.00 bits per heavy atom. The van der Waals surface area contributed by atoms with Gasteiger partial charge in [-0.1, -0.05) is 36.4 Å². The maximum absolute atomic E-state index is 14.9. The summed E-state index contributed by atoms with van der Waals surface area (Å²) in [6.45, 7) is 0. The number of aromatic nitrogens is 6. The number of rotatable bonds is 10. The summed E-state index contributed by atoms with van der Waals surface area (Å²) in [4.78, 5) is 22.5. The third-order valence-corrected chi connectivity index (χ3v) is 7.52. The Morgan fingerprint density at radius 1 is 0.591 bits per heavy atom. The van der Waals surface area contributed by atoms with Crippen molar-refractivity contribution in [3.63, 3.8) is 0 Å². The third-order valence-electron chi connectivity index (χ3n) is 7.52. The SMILES string of the molecule is O=C(C(Cc1ccc(F)cc1F)c1ccc(-n2cncn2)cc1)C(Cc1ccc(F)cc1F)c1ccc(-n2cncn2)cc1. The summed E-state index contributed by atoms with van der Waals surface area (Å²) in [7, 11) is 0. The first-order chi connectivity index (χ1) is 21.4. The first-order valence-electron chi connectivity index (χ1n) is 13.7. The molecule has 7 nitrogen and oxygen atoms in total. The molecule has 0 radical (unpaired) electrons. The molecule has 0 amide bonds. The summed E-state index contributed by atoms with van der Waals surface area (Å²) in [5.41, 5.74) is 2.84. The summed E-state index contributed by atoms with van der Waals surface area (Å²) < 4.78 is 60.4. The number of carbonyl (C=O) groups is 1. The third kappa shape index (κ3) is 6.17. The minimum atomic E-state index is -0.900. The summed E-state index contributed by atoms with van der Waals surface area (Å²) >= 11 is 0. The van der Waals surface area contributed by atoms with Crippen LogP contribution < -0.4 is 0 Å². The molecule has 0 saturated heterocycles. The van der Waals surface area contributed by atoms with E-state index in [1.165, 1.54) is 37.4 Å². The van der Waals surface area contributed by atoms with Gasteiger partial charge in [0.1, 0.15) is 54.4 Å². The van der Waals surface area contributed by atoms with Gasteiger partial charge in [-0.15, -0.1) is 0 Å². The second-order valence-electron chi connectivity index (χ2n) is 10.3. The maximum Gasteiger partial charge on any atom is 0.148 e. The lowest BCUT2D eigenvalue weighted by Crippen LogP contribution is -2.25. The van der Waals surface area contributed by atoms with Crippen LogP contribution >= 0.6 is 0 Å². The minimum absolute atomic E-state index is 0.0763. The molecule has 0 fully saturated rings. The van der Waals surface area contributed by atoms with Gasteiger partial charge in [-0.05, 0) is 71.5 Å². The Balaban J connectivity index is 1.42. The van der Waals surface area contributed by atoms with Crippen molar-refractivity contribution in [3.8, 4) is 11.4 Å². The van der Waals surface area contributed by atoms with Crippen LogP contribution in [0.4, 0.5) is 17.6 Å². The average molecular weight is 597 g/mol. The van der Waals surface area contributed by atoms with Crippen LogP contribution in [0.5, 0.6) is 0 Å². The Hall–Kier alpha value is -5.45. The fourth-order valence-electron chi connectivity index (χ4n) is 5.22. The Kier molecular flexibility index (Phi) is 8.09. The second kappa shape index (κ2) is 12.4. The van der Waals surface area contributed by atoms with Crippen molar-refractivity contribution in [2.45, 2.75) is 24.7 Å². The van der Waals surface area contributed by atoms with Crippen LogP contribution in [0.15, 0.2) is 110 Å². The van der Waals surface area contributed by atoms with Crippen molar-refractivity contribution >= 4 is 5.78 Å². The Bertz CT molecular complexity index is 1740. The molecule has 220 valence electrons. The van der Waals surface area contributed by atoms with Gasteiger partial charge in [0.05, 0.1) is 11.4 Å². The van der Waals surface area contributed by atoms with Crippen molar-refractivity contribution < 1.29 is 22.4 Å². The molecule has 2 aromatic heterocycles. The molecule has 0 saturated carbocycles. The molecule has 0 aliphatic rings. The van der Waals surface area contributed by atoms with Crippen molar-refractivity contribution in [2.75, 3.05) is 0 Å². The van der Waals surface area contributed by atoms with E-state index < -0.39 is 35.1 Å². The van der Waals surface area contributed by atoms with Crippen LogP contribution in [-0.4, -0.2) is 35.3 Å². The van der Waals surface area contributed by atoms with Gasteiger partial charge in [0, 0.05) is 24.0 Å². The highest BCUT2D eigenvalue weighted by molar-refractivity contribution is 5.92. The monoisotopic (exact) mass is 596 g/mol. The van der Waals surface area contributed by atoms with Crippen LogP contribution in [-0.2, 0) is 17.6 Å². The van der Waals surface area contributed by atoms with Gasteiger partial charge in [0.2, 0.25) is 0 Å². The normalized spacial score (nSPS) is 12.6. The molecule has 0 N–H and O–H groups in total. The summed E-state index contributed by atoms with van der Waals surface area (Å²) in [6, 6.07) is 20.5. The number of carbonyl (C=O) groups excluding carboxylic acids is 1. The standard InChI is InChI=1S/C33H24F4N6O/c34-25-7-1-23(31(36)15-25)13-29(21-3-9-27(10-4-21)42-19-38-17-40-42)33(44)30(14-24-2-8-26(35)16-32(24)37)22-5-11-28(12-6-22)43-20-39-18-41-43/h1-12,15-20,29-30H,13-14H2. The highest BCUT2D eigenvalue weighted by atomic mass is 19.1. The van der Waals surface area contributed by atoms with E-state index in [2.05, 4.69) is 20.2 Å². The topological polar surface area (TPSA) is 78.5 Å². The van der Waals surface area contributed by atoms with Gasteiger partial charge in [0.25, 0.3) is 0 Å². The minimum Gasteiger partial charge on any atom is -0.298 e. The highest BCUT2D eigenvalue weighted by Gasteiger charge is 2.31. The van der Waals surface area contributed by atoms with E-state index in [-0.39, 0.29) is 29.8 Å². The molecule has 2 atom stereocenters. The van der Waals surface area contributed by atoms with E-state index in [4.69, 9.17) is 0 Å². The number of nitrogens with zero attached hydrogens (tertiary/aromatic N) is 6. The maximum atomic E-state index is 14.9. The first kappa shape index (κ1) is 28.7. The van der Waals surface area contributed by atoms with E-state index >= 15 is 0 Å². The van der Waals surface area contributed by atoms with E-state index in [1.807, 2.05) is 0 Å². The van der Waals surface area contributed by atoms with Crippen molar-refractivity contribution in [1.82, 2.24) is 29.5 Å². The number of benzene rings is 4. The average Bonchev–Trinajstić information content (AvgIpc) is 3.76. The van der Waals surface area contributed by atoms with Crippen molar-refractivity contribution in [1.29, 1.82) is 0 Å². The summed E-state index contributed by atoms with van der Waals surface area (Å²) in [6.07, 6.45) is 5.69. The first-order valence-corrected chi connectivity index (χ1v) is 13.7. The molecular formula is C33H24F4N6O. The largest absolute Gasteiger partial charge is 0.298 e. The predicted molar refractivity (Wildman–Crippen MR) is 153 cm³/mol. The molecular weight excluding hydrogens is 572 g/mol. The quantitative estimate of drug-likeness (QED) is 0.173. The zero-order valence-electron chi connectivity index (χ0n) is 23.1. The molecule has 0 aliphatic heterocycles. The number of hydrogen-bond acceptors (Lipinski definition) is 5. The van der Waals surface area contributed by atoms with Gasteiger partial charge in [-0.25, -0.2) is 36.9 Å². The molecule has 6 aromatic rings. The fraction of sp³-hybridized carbons (Fsp3) is 0.121. The molecule has 4 aromatic carbocycles. The summed E-state index contributed by atoms with van der Waals surface area (Å²) in [5.74, 6) is -5.14. The molecule has 0 bridgehead atoms.